The Morgan fingerprint density at radius 2 is 1.81 bits per heavy atom. The molecule has 0 aromatic heterocycles. The van der Waals surface area contributed by atoms with Gasteiger partial charge in [0, 0.05) is 16.8 Å². The van der Waals surface area contributed by atoms with E-state index in [-0.39, 0.29) is 10.8 Å². The van der Waals surface area contributed by atoms with Gasteiger partial charge in [-0.3, -0.25) is 4.79 Å². The largest absolute Gasteiger partial charge is 0.496 e. The van der Waals surface area contributed by atoms with Crippen molar-refractivity contribution >= 4 is 37.5 Å². The normalized spacial score (nSPS) is 11.9. The molecule has 0 aliphatic heterocycles. The van der Waals surface area contributed by atoms with Crippen LogP contribution >= 0.6 is 15.9 Å². The first-order valence-electron chi connectivity index (χ1n) is 7.81. The van der Waals surface area contributed by atoms with E-state index in [2.05, 4.69) is 26.0 Å². The van der Waals surface area contributed by atoms with Crippen molar-refractivity contribution in [3.63, 3.8) is 0 Å². The highest BCUT2D eigenvalue weighted by atomic mass is 79.9. The van der Waals surface area contributed by atoms with Gasteiger partial charge in [-0.15, -0.1) is 0 Å². The maximum Gasteiger partial charge on any atom is 0.255 e. The van der Waals surface area contributed by atoms with Gasteiger partial charge in [0.2, 0.25) is 10.0 Å². The topological polar surface area (TPSA) is 84.5 Å². The number of hydrogen-bond acceptors (Lipinski definition) is 4. The van der Waals surface area contributed by atoms with E-state index in [1.165, 1.54) is 19.2 Å². The van der Waals surface area contributed by atoms with Gasteiger partial charge < -0.3 is 10.1 Å². The second kappa shape index (κ2) is 7.77. The summed E-state index contributed by atoms with van der Waals surface area (Å²) in [5, 5.41) is 2.71. The zero-order valence-corrected chi connectivity index (χ0v) is 17.4. The van der Waals surface area contributed by atoms with Gasteiger partial charge in [-0.25, -0.2) is 13.1 Å². The SMILES string of the molecule is COc1ccc(C(=O)Nc2cccc(S(=O)(=O)NC(C)(C)C)c2)cc1Br. The maximum atomic E-state index is 12.4. The number of carbonyl (C=O) groups excluding carboxylic acids is 1. The summed E-state index contributed by atoms with van der Waals surface area (Å²) in [7, 11) is -2.14. The number of nitrogens with one attached hydrogen (secondary N) is 2. The number of sulfonamides is 1. The van der Waals surface area contributed by atoms with E-state index in [9.17, 15) is 13.2 Å². The lowest BCUT2D eigenvalue weighted by Crippen LogP contribution is -2.40. The van der Waals surface area contributed by atoms with Crippen molar-refractivity contribution in [1.29, 1.82) is 0 Å². The van der Waals surface area contributed by atoms with Crippen LogP contribution in [-0.2, 0) is 10.0 Å². The molecule has 2 N–H and O–H groups in total. The van der Waals surface area contributed by atoms with Crippen molar-refractivity contribution in [2.75, 3.05) is 12.4 Å². The van der Waals surface area contributed by atoms with E-state index in [0.717, 1.165) is 0 Å². The van der Waals surface area contributed by atoms with Gasteiger partial charge in [0.25, 0.3) is 5.91 Å². The molecule has 0 saturated carbocycles. The van der Waals surface area contributed by atoms with Crippen molar-refractivity contribution in [2.24, 2.45) is 0 Å². The Bertz CT molecular complexity index is 921. The van der Waals surface area contributed by atoms with E-state index in [0.29, 0.717) is 21.5 Å². The number of hydrogen-bond donors (Lipinski definition) is 2. The van der Waals surface area contributed by atoms with Crippen LogP contribution < -0.4 is 14.8 Å². The zero-order chi connectivity index (χ0) is 19.5. The van der Waals surface area contributed by atoms with Gasteiger partial charge in [0.1, 0.15) is 5.75 Å². The Balaban J connectivity index is 2.23. The third kappa shape index (κ3) is 5.30. The molecule has 26 heavy (non-hydrogen) atoms. The second-order valence-corrected chi connectivity index (χ2v) is 9.22. The highest BCUT2D eigenvalue weighted by Gasteiger charge is 2.22. The molecule has 0 aliphatic carbocycles. The number of halogens is 1. The number of carbonyl (C=O) groups is 1. The van der Waals surface area contributed by atoms with Gasteiger partial charge in [0.05, 0.1) is 16.5 Å². The number of anilines is 1. The Labute approximate surface area is 162 Å². The molecular weight excluding hydrogens is 420 g/mol. The summed E-state index contributed by atoms with van der Waals surface area (Å²) >= 11 is 3.33. The molecule has 0 atom stereocenters. The predicted molar refractivity (Wildman–Crippen MR) is 105 cm³/mol. The average molecular weight is 441 g/mol. The fourth-order valence-corrected chi connectivity index (χ4v) is 4.22. The quantitative estimate of drug-likeness (QED) is 0.740. The summed E-state index contributed by atoms with van der Waals surface area (Å²) in [6.45, 7) is 5.28. The van der Waals surface area contributed by atoms with Crippen molar-refractivity contribution in [3.05, 3.63) is 52.5 Å². The molecule has 0 unspecified atom stereocenters. The van der Waals surface area contributed by atoms with Crippen LogP contribution in [0.3, 0.4) is 0 Å². The first-order chi connectivity index (χ1) is 12.0. The van der Waals surface area contributed by atoms with Gasteiger partial charge in [-0.05, 0) is 73.1 Å². The van der Waals surface area contributed by atoms with Crippen LogP contribution in [-0.4, -0.2) is 27.0 Å². The van der Waals surface area contributed by atoms with Crippen molar-refractivity contribution in [2.45, 2.75) is 31.2 Å². The minimum absolute atomic E-state index is 0.0844. The number of methoxy groups -OCH3 is 1. The Kier molecular flexibility index (Phi) is 6.10. The molecule has 0 aliphatic rings. The second-order valence-electron chi connectivity index (χ2n) is 6.69. The summed E-state index contributed by atoms with van der Waals surface area (Å²) < 4.78 is 33.2. The smallest absolute Gasteiger partial charge is 0.255 e. The molecule has 6 nitrogen and oxygen atoms in total. The van der Waals surface area contributed by atoms with Crippen LogP contribution in [0.4, 0.5) is 5.69 Å². The molecule has 8 heteroatoms. The average Bonchev–Trinajstić information content (AvgIpc) is 2.52. The number of amides is 1. The summed E-state index contributed by atoms with van der Waals surface area (Å²) in [6, 6.07) is 11.0. The fraction of sp³-hybridized carbons (Fsp3) is 0.278. The van der Waals surface area contributed by atoms with Crippen molar-refractivity contribution in [3.8, 4) is 5.75 Å². The molecule has 0 fully saturated rings. The lowest BCUT2D eigenvalue weighted by Gasteiger charge is -2.20. The van der Waals surface area contributed by atoms with Crippen molar-refractivity contribution < 1.29 is 17.9 Å². The van der Waals surface area contributed by atoms with Crippen LogP contribution in [0.15, 0.2) is 51.8 Å². The minimum Gasteiger partial charge on any atom is -0.496 e. The van der Waals surface area contributed by atoms with E-state index in [1.807, 2.05) is 0 Å². The van der Waals surface area contributed by atoms with E-state index < -0.39 is 15.6 Å². The molecule has 140 valence electrons. The predicted octanol–water partition coefficient (Wildman–Crippen LogP) is 3.79. The van der Waals surface area contributed by atoms with Gasteiger partial charge in [-0.1, -0.05) is 6.07 Å². The van der Waals surface area contributed by atoms with Crippen LogP contribution in [0.5, 0.6) is 5.75 Å². The zero-order valence-electron chi connectivity index (χ0n) is 15.0. The lowest BCUT2D eigenvalue weighted by molar-refractivity contribution is 0.102. The Morgan fingerprint density at radius 3 is 2.38 bits per heavy atom. The number of rotatable bonds is 5. The highest BCUT2D eigenvalue weighted by molar-refractivity contribution is 9.10. The molecule has 2 rings (SSSR count). The molecule has 0 saturated heterocycles. The maximum absolute atomic E-state index is 12.4. The molecule has 0 spiro atoms. The van der Waals surface area contributed by atoms with Gasteiger partial charge in [0.15, 0.2) is 0 Å². The molecule has 2 aromatic rings. The van der Waals surface area contributed by atoms with E-state index in [1.54, 1.807) is 51.1 Å². The summed E-state index contributed by atoms with van der Waals surface area (Å²) in [6.07, 6.45) is 0. The molecular formula is C18H21BrN2O4S. The summed E-state index contributed by atoms with van der Waals surface area (Å²) in [5.74, 6) is 0.259. The van der Waals surface area contributed by atoms with Gasteiger partial charge in [-0.2, -0.15) is 0 Å². The third-order valence-corrected chi connectivity index (χ3v) is 5.63. The lowest BCUT2D eigenvalue weighted by atomic mass is 10.1. The van der Waals surface area contributed by atoms with Gasteiger partial charge >= 0.3 is 0 Å². The highest BCUT2D eigenvalue weighted by Crippen LogP contribution is 2.26. The Hall–Kier alpha value is -1.90. The first-order valence-corrected chi connectivity index (χ1v) is 10.1. The fourth-order valence-electron chi connectivity index (χ4n) is 2.21. The monoisotopic (exact) mass is 440 g/mol. The molecule has 0 radical (unpaired) electrons. The number of benzene rings is 2. The van der Waals surface area contributed by atoms with E-state index in [4.69, 9.17) is 4.74 Å². The minimum atomic E-state index is -3.68. The molecule has 2 aromatic carbocycles. The summed E-state index contributed by atoms with van der Waals surface area (Å²) in [4.78, 5) is 12.5. The third-order valence-electron chi connectivity index (χ3n) is 3.26. The van der Waals surface area contributed by atoms with Crippen LogP contribution in [0.2, 0.25) is 0 Å². The van der Waals surface area contributed by atoms with Crippen LogP contribution in [0.1, 0.15) is 31.1 Å². The summed E-state index contributed by atoms with van der Waals surface area (Å²) in [5.41, 5.74) is 0.200. The molecule has 1 amide bonds. The van der Waals surface area contributed by atoms with Crippen molar-refractivity contribution in [1.82, 2.24) is 4.72 Å². The molecule has 0 bridgehead atoms. The van der Waals surface area contributed by atoms with Crippen LogP contribution in [0.25, 0.3) is 0 Å². The number of ether oxygens (including phenoxy) is 1. The standard InChI is InChI=1S/C18H21BrN2O4S/c1-18(2,3)21-26(23,24)14-7-5-6-13(11-14)20-17(22)12-8-9-16(25-4)15(19)10-12/h5-11,21H,1-4H3,(H,20,22). The Morgan fingerprint density at radius 1 is 1.12 bits per heavy atom. The van der Waals surface area contributed by atoms with E-state index >= 15 is 0 Å². The van der Waals surface area contributed by atoms with Crippen LogP contribution in [0, 0.1) is 0 Å². The first kappa shape index (κ1) is 20.4. The molecule has 0 heterocycles.